The first kappa shape index (κ1) is 32.4. The summed E-state index contributed by atoms with van der Waals surface area (Å²) in [6.45, 7) is 4.41. The standard InChI is InChI=1S/C29H33ClN4O7S/c1-6-24(29(36)31-4)32(17-21-9-7-8-19(2)14-21)28(35)18-33(26-15-22(30)11-13-27(26)41-5)42(39,40)23-12-10-20(3)25(16-23)34(37)38/h7-16,24H,6,17-18H2,1-5H3,(H,31,36). The lowest BCUT2D eigenvalue weighted by Crippen LogP contribution is -2.51. The van der Waals surface area contributed by atoms with Crippen LogP contribution in [-0.4, -0.2) is 56.8 Å². The second-order valence-corrected chi connectivity index (χ2v) is 11.9. The molecule has 0 aliphatic rings. The number of rotatable bonds is 12. The molecule has 0 aromatic heterocycles. The molecule has 13 heteroatoms. The third-order valence-corrected chi connectivity index (χ3v) is 8.71. The van der Waals surface area contributed by atoms with Gasteiger partial charge < -0.3 is 15.0 Å². The summed E-state index contributed by atoms with van der Waals surface area (Å²) in [4.78, 5) is 38.8. The molecule has 1 unspecified atom stereocenters. The Hall–Kier alpha value is -4.16. The van der Waals surface area contributed by atoms with Crippen LogP contribution in [0.3, 0.4) is 0 Å². The zero-order chi connectivity index (χ0) is 31.2. The number of nitrogens with zero attached hydrogens (tertiary/aromatic N) is 3. The molecule has 0 bridgehead atoms. The van der Waals surface area contributed by atoms with Crippen molar-refractivity contribution in [3.05, 3.63) is 92.5 Å². The van der Waals surface area contributed by atoms with E-state index < -0.39 is 49.9 Å². The number of sulfonamides is 1. The van der Waals surface area contributed by atoms with Crippen LogP contribution in [0.4, 0.5) is 11.4 Å². The maximum Gasteiger partial charge on any atom is 0.273 e. The molecule has 0 fully saturated rings. The third-order valence-electron chi connectivity index (χ3n) is 6.72. The molecule has 3 rings (SSSR count). The molecule has 0 heterocycles. The Bertz CT molecular complexity index is 1600. The summed E-state index contributed by atoms with van der Waals surface area (Å²) < 4.78 is 34.5. The number of likely N-dealkylation sites (N-methyl/N-ethyl adjacent to an activating group) is 1. The van der Waals surface area contributed by atoms with Gasteiger partial charge in [0.1, 0.15) is 18.3 Å². The zero-order valence-corrected chi connectivity index (χ0v) is 25.5. The quantitative estimate of drug-likeness (QED) is 0.231. The van der Waals surface area contributed by atoms with Crippen molar-refractivity contribution in [3.63, 3.8) is 0 Å². The predicted molar refractivity (Wildman–Crippen MR) is 160 cm³/mol. The number of carbonyl (C=O) groups is 2. The number of anilines is 1. The molecule has 0 saturated heterocycles. The molecule has 42 heavy (non-hydrogen) atoms. The molecule has 0 aliphatic carbocycles. The van der Waals surface area contributed by atoms with E-state index in [2.05, 4.69) is 5.32 Å². The summed E-state index contributed by atoms with van der Waals surface area (Å²) in [5.41, 5.74) is 1.51. The fourth-order valence-electron chi connectivity index (χ4n) is 4.54. The number of ether oxygens (including phenoxy) is 1. The Morgan fingerprint density at radius 3 is 2.40 bits per heavy atom. The van der Waals surface area contributed by atoms with Crippen LogP contribution in [0.1, 0.15) is 30.0 Å². The molecular formula is C29H33ClN4O7S. The van der Waals surface area contributed by atoms with Crippen LogP contribution in [0.2, 0.25) is 5.02 Å². The lowest BCUT2D eigenvalue weighted by atomic mass is 10.1. The van der Waals surface area contributed by atoms with Crippen molar-refractivity contribution in [1.82, 2.24) is 10.2 Å². The Labute approximate surface area is 250 Å². The Morgan fingerprint density at radius 2 is 1.81 bits per heavy atom. The molecule has 0 saturated carbocycles. The SMILES string of the molecule is CCC(C(=O)NC)N(Cc1cccc(C)c1)C(=O)CN(c1cc(Cl)ccc1OC)S(=O)(=O)c1ccc(C)c([N+](=O)[O-])c1. The zero-order valence-electron chi connectivity index (χ0n) is 24.0. The number of methoxy groups -OCH3 is 1. The highest BCUT2D eigenvalue weighted by Gasteiger charge is 2.35. The molecular weight excluding hydrogens is 584 g/mol. The first-order chi connectivity index (χ1) is 19.8. The van der Waals surface area contributed by atoms with Crippen LogP contribution in [-0.2, 0) is 26.2 Å². The predicted octanol–water partition coefficient (Wildman–Crippen LogP) is 4.62. The van der Waals surface area contributed by atoms with Crippen molar-refractivity contribution >= 4 is 44.8 Å². The van der Waals surface area contributed by atoms with E-state index in [0.717, 1.165) is 21.5 Å². The Balaban J connectivity index is 2.19. The minimum absolute atomic E-state index is 0.0308. The van der Waals surface area contributed by atoms with Gasteiger partial charge in [0.2, 0.25) is 11.8 Å². The van der Waals surface area contributed by atoms with Gasteiger partial charge in [0.15, 0.2) is 0 Å². The average molecular weight is 617 g/mol. The number of hydrogen-bond acceptors (Lipinski definition) is 7. The summed E-state index contributed by atoms with van der Waals surface area (Å²) >= 11 is 6.24. The summed E-state index contributed by atoms with van der Waals surface area (Å²) in [5, 5.41) is 14.4. The highest BCUT2D eigenvalue weighted by Crippen LogP contribution is 2.36. The lowest BCUT2D eigenvalue weighted by molar-refractivity contribution is -0.385. The molecule has 3 aromatic rings. The summed E-state index contributed by atoms with van der Waals surface area (Å²) in [5.74, 6) is -0.998. The first-order valence-electron chi connectivity index (χ1n) is 13.0. The van der Waals surface area contributed by atoms with Gasteiger partial charge in [-0.1, -0.05) is 54.4 Å². The van der Waals surface area contributed by atoms with Gasteiger partial charge in [-0.15, -0.1) is 0 Å². The first-order valence-corrected chi connectivity index (χ1v) is 14.8. The van der Waals surface area contributed by atoms with Crippen LogP contribution in [0.15, 0.2) is 65.6 Å². The molecule has 0 radical (unpaired) electrons. The van der Waals surface area contributed by atoms with Crippen LogP contribution in [0.25, 0.3) is 0 Å². The number of nitro benzene ring substituents is 1. The smallest absolute Gasteiger partial charge is 0.273 e. The number of hydrogen-bond donors (Lipinski definition) is 1. The second-order valence-electron chi connectivity index (χ2n) is 9.58. The van der Waals surface area contributed by atoms with Gasteiger partial charge in [0.05, 0.1) is 22.6 Å². The van der Waals surface area contributed by atoms with E-state index in [-0.39, 0.29) is 35.0 Å². The van der Waals surface area contributed by atoms with E-state index in [1.165, 1.54) is 56.3 Å². The second kappa shape index (κ2) is 13.7. The highest BCUT2D eigenvalue weighted by atomic mass is 35.5. The normalized spacial score (nSPS) is 11.9. The number of aryl methyl sites for hydroxylation is 2. The van der Waals surface area contributed by atoms with Crippen LogP contribution >= 0.6 is 11.6 Å². The highest BCUT2D eigenvalue weighted by molar-refractivity contribution is 7.92. The molecule has 224 valence electrons. The van der Waals surface area contributed by atoms with Crippen molar-refractivity contribution in [2.45, 2.75) is 44.7 Å². The molecule has 0 spiro atoms. The maximum atomic E-state index is 14.1. The van der Waals surface area contributed by atoms with Crippen LogP contribution < -0.4 is 14.4 Å². The van der Waals surface area contributed by atoms with Crippen LogP contribution in [0, 0.1) is 24.0 Å². The van der Waals surface area contributed by atoms with Crippen molar-refractivity contribution in [3.8, 4) is 5.75 Å². The summed E-state index contributed by atoms with van der Waals surface area (Å²) in [6.07, 6.45) is 0.259. The van der Waals surface area contributed by atoms with Crippen molar-refractivity contribution in [1.29, 1.82) is 0 Å². The Morgan fingerprint density at radius 1 is 1.10 bits per heavy atom. The van der Waals surface area contributed by atoms with Gasteiger partial charge in [-0.3, -0.25) is 24.0 Å². The van der Waals surface area contributed by atoms with Gasteiger partial charge in [-0.05, 0) is 50.1 Å². The molecule has 1 N–H and O–H groups in total. The minimum Gasteiger partial charge on any atom is -0.495 e. The van der Waals surface area contributed by atoms with E-state index in [9.17, 15) is 28.1 Å². The van der Waals surface area contributed by atoms with Gasteiger partial charge in [-0.2, -0.15) is 0 Å². The molecule has 1 atom stereocenters. The number of halogens is 1. The average Bonchev–Trinajstić information content (AvgIpc) is 2.95. The van der Waals surface area contributed by atoms with E-state index in [1.54, 1.807) is 6.92 Å². The third kappa shape index (κ3) is 7.18. The molecule has 3 aromatic carbocycles. The van der Waals surface area contributed by atoms with Crippen molar-refractivity contribution in [2.75, 3.05) is 25.0 Å². The molecule has 11 nitrogen and oxygen atoms in total. The summed E-state index contributed by atoms with van der Waals surface area (Å²) in [7, 11) is -1.81. The Kier molecular flexibility index (Phi) is 10.5. The topological polar surface area (TPSA) is 139 Å². The van der Waals surface area contributed by atoms with Crippen molar-refractivity contribution in [2.24, 2.45) is 0 Å². The van der Waals surface area contributed by atoms with Gasteiger partial charge >= 0.3 is 0 Å². The lowest BCUT2D eigenvalue weighted by Gasteiger charge is -2.33. The van der Waals surface area contributed by atoms with Crippen molar-refractivity contribution < 1.29 is 27.7 Å². The number of nitro groups is 1. The van der Waals surface area contributed by atoms with E-state index >= 15 is 0 Å². The number of nitrogens with one attached hydrogen (secondary N) is 1. The van der Waals surface area contributed by atoms with E-state index in [0.29, 0.717) is 0 Å². The van der Waals surface area contributed by atoms with Crippen LogP contribution in [0.5, 0.6) is 5.75 Å². The fourth-order valence-corrected chi connectivity index (χ4v) is 6.14. The molecule has 2 amide bonds. The van der Waals surface area contributed by atoms with Gasteiger partial charge in [-0.25, -0.2) is 8.42 Å². The summed E-state index contributed by atoms with van der Waals surface area (Å²) in [6, 6.07) is 14.3. The largest absolute Gasteiger partial charge is 0.495 e. The monoisotopic (exact) mass is 616 g/mol. The molecule has 0 aliphatic heterocycles. The van der Waals surface area contributed by atoms with Gasteiger partial charge in [0.25, 0.3) is 15.7 Å². The number of carbonyl (C=O) groups excluding carboxylic acids is 2. The fraction of sp³-hybridized carbons (Fsp3) is 0.310. The van der Waals surface area contributed by atoms with Gasteiger partial charge in [0, 0.05) is 30.2 Å². The van der Waals surface area contributed by atoms with E-state index in [1.807, 2.05) is 31.2 Å². The van der Waals surface area contributed by atoms with E-state index in [4.69, 9.17) is 16.3 Å². The number of benzene rings is 3. The number of amides is 2. The minimum atomic E-state index is -4.60. The maximum absolute atomic E-state index is 14.1.